The summed E-state index contributed by atoms with van der Waals surface area (Å²) >= 11 is 5.10. The van der Waals surface area contributed by atoms with Gasteiger partial charge in [-0.3, -0.25) is 4.98 Å². The highest BCUT2D eigenvalue weighted by Gasteiger charge is 2.00. The third-order valence-corrected chi connectivity index (χ3v) is 3.83. The van der Waals surface area contributed by atoms with Crippen LogP contribution in [0.4, 0.5) is 0 Å². The van der Waals surface area contributed by atoms with E-state index in [-0.39, 0.29) is 0 Å². The number of pyridine rings is 1. The molecule has 0 amide bonds. The number of aromatic nitrogens is 1. The first kappa shape index (κ1) is 12.5. The average Bonchev–Trinajstić information content (AvgIpc) is 2.75. The van der Waals surface area contributed by atoms with Gasteiger partial charge in [-0.15, -0.1) is 11.3 Å². The van der Waals surface area contributed by atoms with E-state index in [0.717, 1.165) is 22.5 Å². The molecule has 0 atom stereocenters. The van der Waals surface area contributed by atoms with E-state index in [2.05, 4.69) is 32.3 Å². The molecule has 0 saturated carbocycles. The lowest BCUT2D eigenvalue weighted by Gasteiger charge is -2.05. The van der Waals surface area contributed by atoms with E-state index in [1.165, 1.54) is 4.88 Å². The summed E-state index contributed by atoms with van der Waals surface area (Å²) in [5, 5.41) is 5.11. The summed E-state index contributed by atoms with van der Waals surface area (Å²) in [7, 11) is 1.90. The Kier molecular flexibility index (Phi) is 4.53. The Labute approximate surface area is 113 Å². The van der Waals surface area contributed by atoms with Crippen molar-refractivity contribution in [2.75, 3.05) is 7.05 Å². The van der Waals surface area contributed by atoms with Gasteiger partial charge in [-0.25, -0.2) is 0 Å². The van der Waals surface area contributed by atoms with E-state index < -0.39 is 0 Å². The van der Waals surface area contributed by atoms with Crippen molar-refractivity contribution < 1.29 is 4.74 Å². The number of thiophene rings is 1. The minimum absolute atomic E-state index is 0.587. The molecule has 0 aliphatic carbocycles. The Balaban J connectivity index is 1.90. The number of rotatable bonds is 5. The molecule has 0 fully saturated rings. The summed E-state index contributed by atoms with van der Waals surface area (Å²) in [6, 6.07) is 5.98. The van der Waals surface area contributed by atoms with E-state index in [1.54, 1.807) is 17.5 Å². The zero-order valence-electron chi connectivity index (χ0n) is 9.44. The molecule has 17 heavy (non-hydrogen) atoms. The summed E-state index contributed by atoms with van der Waals surface area (Å²) in [4.78, 5) is 5.48. The van der Waals surface area contributed by atoms with E-state index in [9.17, 15) is 0 Å². The van der Waals surface area contributed by atoms with Crippen LogP contribution in [0.15, 0.2) is 34.2 Å². The van der Waals surface area contributed by atoms with Crippen molar-refractivity contribution in [3.05, 3.63) is 44.8 Å². The smallest absolute Gasteiger partial charge is 0.138 e. The van der Waals surface area contributed by atoms with E-state index in [0.29, 0.717) is 6.61 Å². The Morgan fingerprint density at radius 1 is 1.47 bits per heavy atom. The van der Waals surface area contributed by atoms with Crippen LogP contribution < -0.4 is 10.1 Å². The van der Waals surface area contributed by atoms with Crippen LogP contribution >= 0.6 is 27.3 Å². The Morgan fingerprint density at radius 2 is 2.35 bits per heavy atom. The molecule has 3 nitrogen and oxygen atoms in total. The summed E-state index contributed by atoms with van der Waals surface area (Å²) in [6.07, 6.45) is 1.76. The van der Waals surface area contributed by atoms with Crippen LogP contribution in [0.5, 0.6) is 5.75 Å². The highest BCUT2D eigenvalue weighted by molar-refractivity contribution is 9.10. The second kappa shape index (κ2) is 6.14. The first-order valence-corrected chi connectivity index (χ1v) is 6.90. The number of hydrogen-bond donors (Lipinski definition) is 1. The standard InChI is InChI=1S/C12H13BrN2OS/c1-14-5-10-2-3-11(6-15-10)16-7-12-4-9(13)8-17-12/h2-4,6,8,14H,5,7H2,1H3. The maximum atomic E-state index is 5.65. The molecule has 0 saturated heterocycles. The van der Waals surface area contributed by atoms with Gasteiger partial charge in [0.2, 0.25) is 0 Å². The SMILES string of the molecule is CNCc1ccc(OCc2cc(Br)cs2)cn1. The van der Waals surface area contributed by atoms with Crippen molar-refractivity contribution >= 4 is 27.3 Å². The molecule has 90 valence electrons. The molecule has 0 aromatic carbocycles. The van der Waals surface area contributed by atoms with Crippen LogP contribution in [0, 0.1) is 0 Å². The number of nitrogens with one attached hydrogen (secondary N) is 1. The van der Waals surface area contributed by atoms with Crippen molar-refractivity contribution in [3.63, 3.8) is 0 Å². The van der Waals surface area contributed by atoms with Crippen LogP contribution in [0.1, 0.15) is 10.6 Å². The second-order valence-corrected chi connectivity index (χ2v) is 5.45. The largest absolute Gasteiger partial charge is 0.486 e. The summed E-state index contributed by atoms with van der Waals surface area (Å²) < 4.78 is 6.75. The van der Waals surface area contributed by atoms with Gasteiger partial charge in [-0.05, 0) is 41.2 Å². The van der Waals surface area contributed by atoms with Gasteiger partial charge in [-0.2, -0.15) is 0 Å². The Morgan fingerprint density at radius 3 is 2.94 bits per heavy atom. The average molecular weight is 313 g/mol. The van der Waals surface area contributed by atoms with E-state index >= 15 is 0 Å². The van der Waals surface area contributed by atoms with Gasteiger partial charge in [0.15, 0.2) is 0 Å². The van der Waals surface area contributed by atoms with Crippen molar-refractivity contribution in [2.45, 2.75) is 13.2 Å². The van der Waals surface area contributed by atoms with Crippen molar-refractivity contribution in [3.8, 4) is 5.75 Å². The maximum absolute atomic E-state index is 5.65. The van der Waals surface area contributed by atoms with Gasteiger partial charge in [0.25, 0.3) is 0 Å². The lowest BCUT2D eigenvalue weighted by Crippen LogP contribution is -2.06. The topological polar surface area (TPSA) is 34.1 Å². The number of hydrogen-bond acceptors (Lipinski definition) is 4. The summed E-state index contributed by atoms with van der Waals surface area (Å²) in [5.74, 6) is 0.800. The third-order valence-electron chi connectivity index (χ3n) is 2.16. The molecule has 0 unspecified atom stereocenters. The van der Waals surface area contributed by atoms with Gasteiger partial charge in [0, 0.05) is 21.3 Å². The fraction of sp³-hybridized carbons (Fsp3) is 0.250. The van der Waals surface area contributed by atoms with Crippen LogP contribution in [0.25, 0.3) is 0 Å². The predicted octanol–water partition coefficient (Wildman–Crippen LogP) is 3.20. The van der Waals surface area contributed by atoms with Crippen LogP contribution in [0.3, 0.4) is 0 Å². The lowest BCUT2D eigenvalue weighted by molar-refractivity contribution is 0.308. The molecule has 0 aliphatic heterocycles. The molecular formula is C12H13BrN2OS. The number of nitrogens with zero attached hydrogens (tertiary/aromatic N) is 1. The maximum Gasteiger partial charge on any atom is 0.138 e. The molecule has 0 bridgehead atoms. The fourth-order valence-corrected chi connectivity index (χ4v) is 2.73. The molecule has 1 N–H and O–H groups in total. The first-order valence-electron chi connectivity index (χ1n) is 5.23. The molecule has 0 spiro atoms. The summed E-state index contributed by atoms with van der Waals surface area (Å²) in [5.41, 5.74) is 1.01. The zero-order chi connectivity index (χ0) is 12.1. The predicted molar refractivity (Wildman–Crippen MR) is 73.4 cm³/mol. The monoisotopic (exact) mass is 312 g/mol. The summed E-state index contributed by atoms with van der Waals surface area (Å²) in [6.45, 7) is 1.36. The van der Waals surface area contributed by atoms with Crippen LogP contribution in [0.2, 0.25) is 0 Å². The van der Waals surface area contributed by atoms with Gasteiger partial charge in [0.05, 0.1) is 11.9 Å². The van der Waals surface area contributed by atoms with Gasteiger partial charge in [-0.1, -0.05) is 0 Å². The van der Waals surface area contributed by atoms with Gasteiger partial charge < -0.3 is 10.1 Å². The Bertz CT molecular complexity index is 470. The zero-order valence-corrected chi connectivity index (χ0v) is 11.8. The van der Waals surface area contributed by atoms with Crippen LogP contribution in [-0.4, -0.2) is 12.0 Å². The highest BCUT2D eigenvalue weighted by atomic mass is 79.9. The van der Waals surface area contributed by atoms with E-state index in [4.69, 9.17) is 4.74 Å². The Hall–Kier alpha value is -0.910. The number of ether oxygens (including phenoxy) is 1. The number of halogens is 1. The van der Waals surface area contributed by atoms with Crippen LogP contribution in [-0.2, 0) is 13.2 Å². The van der Waals surface area contributed by atoms with Crippen molar-refractivity contribution in [1.29, 1.82) is 0 Å². The van der Waals surface area contributed by atoms with Gasteiger partial charge >= 0.3 is 0 Å². The first-order chi connectivity index (χ1) is 8.28. The molecule has 0 radical (unpaired) electrons. The molecule has 2 aromatic heterocycles. The molecule has 5 heteroatoms. The van der Waals surface area contributed by atoms with Gasteiger partial charge in [0.1, 0.15) is 12.4 Å². The molecule has 2 rings (SSSR count). The fourth-order valence-electron chi connectivity index (χ4n) is 1.37. The van der Waals surface area contributed by atoms with Crippen molar-refractivity contribution in [2.24, 2.45) is 0 Å². The van der Waals surface area contributed by atoms with Crippen molar-refractivity contribution in [1.82, 2.24) is 10.3 Å². The molecule has 2 heterocycles. The minimum atomic E-state index is 0.587. The third kappa shape index (κ3) is 3.80. The quantitative estimate of drug-likeness (QED) is 0.920. The normalized spacial score (nSPS) is 10.5. The molecule has 2 aromatic rings. The minimum Gasteiger partial charge on any atom is -0.486 e. The molecule has 0 aliphatic rings. The molecular weight excluding hydrogens is 300 g/mol. The van der Waals surface area contributed by atoms with E-state index in [1.807, 2.05) is 24.6 Å². The second-order valence-electron chi connectivity index (χ2n) is 3.54. The lowest BCUT2D eigenvalue weighted by atomic mass is 10.3. The highest BCUT2D eigenvalue weighted by Crippen LogP contribution is 2.21.